The SMILES string of the molecule is O=C(Nc1ccc(-c2nnnn2C2CC2)cc1)C1(c2cccc(F)c2)CCC1. The third-order valence-electron chi connectivity index (χ3n) is 5.81. The molecule has 142 valence electrons. The molecule has 0 spiro atoms. The summed E-state index contributed by atoms with van der Waals surface area (Å²) in [5.41, 5.74) is 1.73. The van der Waals surface area contributed by atoms with Crippen LogP contribution in [0, 0.1) is 5.82 Å². The monoisotopic (exact) mass is 377 g/mol. The number of benzene rings is 2. The third kappa shape index (κ3) is 2.87. The summed E-state index contributed by atoms with van der Waals surface area (Å²) in [6.45, 7) is 0. The van der Waals surface area contributed by atoms with Gasteiger partial charge in [0.25, 0.3) is 0 Å². The van der Waals surface area contributed by atoms with Crippen molar-refractivity contribution in [2.45, 2.75) is 43.6 Å². The molecule has 0 atom stereocenters. The summed E-state index contributed by atoms with van der Waals surface area (Å²) in [5.74, 6) is 0.352. The summed E-state index contributed by atoms with van der Waals surface area (Å²) < 4.78 is 15.5. The van der Waals surface area contributed by atoms with Crippen LogP contribution in [0.4, 0.5) is 10.1 Å². The maximum Gasteiger partial charge on any atom is 0.235 e. The first-order valence-electron chi connectivity index (χ1n) is 9.61. The van der Waals surface area contributed by atoms with E-state index in [9.17, 15) is 9.18 Å². The van der Waals surface area contributed by atoms with Crippen LogP contribution in [0.3, 0.4) is 0 Å². The summed E-state index contributed by atoms with van der Waals surface area (Å²) in [5, 5.41) is 15.0. The van der Waals surface area contributed by atoms with Crippen LogP contribution in [0.2, 0.25) is 0 Å². The van der Waals surface area contributed by atoms with Gasteiger partial charge in [-0.15, -0.1) is 5.10 Å². The molecule has 6 nitrogen and oxygen atoms in total. The first-order chi connectivity index (χ1) is 13.7. The average molecular weight is 377 g/mol. The van der Waals surface area contributed by atoms with E-state index in [2.05, 4.69) is 20.8 Å². The van der Waals surface area contributed by atoms with Crippen molar-refractivity contribution >= 4 is 11.6 Å². The van der Waals surface area contributed by atoms with Crippen LogP contribution in [0.1, 0.15) is 43.7 Å². The lowest BCUT2D eigenvalue weighted by atomic mass is 9.63. The second kappa shape index (κ2) is 6.51. The highest BCUT2D eigenvalue weighted by atomic mass is 19.1. The third-order valence-corrected chi connectivity index (χ3v) is 5.81. The van der Waals surface area contributed by atoms with Crippen molar-refractivity contribution in [2.75, 3.05) is 5.32 Å². The number of anilines is 1. The molecule has 2 aliphatic carbocycles. The van der Waals surface area contributed by atoms with E-state index >= 15 is 0 Å². The van der Waals surface area contributed by atoms with Crippen molar-refractivity contribution in [3.05, 3.63) is 59.9 Å². The molecule has 3 aromatic rings. The minimum Gasteiger partial charge on any atom is -0.325 e. The summed E-state index contributed by atoms with van der Waals surface area (Å²) in [6, 6.07) is 14.3. The fourth-order valence-electron chi connectivity index (χ4n) is 3.87. The smallest absolute Gasteiger partial charge is 0.235 e. The molecule has 1 aromatic heterocycles. The van der Waals surface area contributed by atoms with E-state index < -0.39 is 5.41 Å². The molecular formula is C21H20FN5O. The van der Waals surface area contributed by atoms with Crippen LogP contribution in [-0.2, 0) is 10.2 Å². The predicted molar refractivity (Wildman–Crippen MR) is 102 cm³/mol. The summed E-state index contributed by atoms with van der Waals surface area (Å²) in [4.78, 5) is 13.0. The fourth-order valence-corrected chi connectivity index (χ4v) is 3.87. The number of hydrogen-bond acceptors (Lipinski definition) is 4. The minimum absolute atomic E-state index is 0.0834. The number of hydrogen-bond donors (Lipinski definition) is 1. The zero-order valence-corrected chi connectivity index (χ0v) is 15.3. The molecule has 0 bridgehead atoms. The molecule has 2 fully saturated rings. The topological polar surface area (TPSA) is 72.7 Å². The van der Waals surface area contributed by atoms with Gasteiger partial charge in [0.2, 0.25) is 5.91 Å². The number of halogens is 1. The molecule has 1 N–H and O–H groups in total. The Morgan fingerprint density at radius 1 is 1.14 bits per heavy atom. The molecular weight excluding hydrogens is 357 g/mol. The summed E-state index contributed by atoms with van der Waals surface area (Å²) >= 11 is 0. The largest absolute Gasteiger partial charge is 0.325 e. The molecule has 0 aliphatic heterocycles. The van der Waals surface area contributed by atoms with Gasteiger partial charge in [-0.25, -0.2) is 9.07 Å². The van der Waals surface area contributed by atoms with Crippen LogP contribution >= 0.6 is 0 Å². The van der Waals surface area contributed by atoms with Crippen LogP contribution in [-0.4, -0.2) is 26.1 Å². The van der Waals surface area contributed by atoms with Gasteiger partial charge in [0.05, 0.1) is 11.5 Å². The van der Waals surface area contributed by atoms with Gasteiger partial charge in [-0.3, -0.25) is 4.79 Å². The Balaban J connectivity index is 1.36. The number of rotatable bonds is 5. The van der Waals surface area contributed by atoms with Gasteiger partial charge in [0.15, 0.2) is 5.82 Å². The Bertz CT molecular complexity index is 1020. The van der Waals surface area contributed by atoms with Crippen LogP contribution in [0.25, 0.3) is 11.4 Å². The number of aromatic nitrogens is 4. The van der Waals surface area contributed by atoms with Crippen molar-refractivity contribution in [3.8, 4) is 11.4 Å². The molecule has 0 radical (unpaired) electrons. The van der Waals surface area contributed by atoms with Crippen molar-refractivity contribution in [3.63, 3.8) is 0 Å². The lowest BCUT2D eigenvalue weighted by Gasteiger charge is -2.40. The van der Waals surface area contributed by atoms with Gasteiger partial charge in [0.1, 0.15) is 5.82 Å². The van der Waals surface area contributed by atoms with E-state index in [1.165, 1.54) is 12.1 Å². The van der Waals surface area contributed by atoms with Crippen LogP contribution in [0.5, 0.6) is 0 Å². The number of carbonyl (C=O) groups excluding carboxylic acids is 1. The van der Waals surface area contributed by atoms with E-state index in [-0.39, 0.29) is 11.7 Å². The highest BCUT2D eigenvalue weighted by Crippen LogP contribution is 2.45. The highest BCUT2D eigenvalue weighted by molar-refractivity contribution is 6.00. The van der Waals surface area contributed by atoms with Crippen molar-refractivity contribution < 1.29 is 9.18 Å². The number of nitrogens with zero attached hydrogens (tertiary/aromatic N) is 4. The molecule has 1 heterocycles. The van der Waals surface area contributed by atoms with E-state index in [4.69, 9.17) is 0 Å². The van der Waals surface area contributed by atoms with E-state index in [0.29, 0.717) is 11.7 Å². The Morgan fingerprint density at radius 3 is 2.57 bits per heavy atom. The van der Waals surface area contributed by atoms with Crippen molar-refractivity contribution in [1.29, 1.82) is 0 Å². The predicted octanol–water partition coefficient (Wildman–Crippen LogP) is 3.87. The zero-order valence-electron chi connectivity index (χ0n) is 15.3. The molecule has 28 heavy (non-hydrogen) atoms. The maximum absolute atomic E-state index is 13.7. The Kier molecular flexibility index (Phi) is 3.96. The van der Waals surface area contributed by atoms with Gasteiger partial charge < -0.3 is 5.32 Å². The fraction of sp³-hybridized carbons (Fsp3) is 0.333. The number of carbonyl (C=O) groups is 1. The van der Waals surface area contributed by atoms with Crippen LogP contribution < -0.4 is 5.32 Å². The van der Waals surface area contributed by atoms with Gasteiger partial charge >= 0.3 is 0 Å². The van der Waals surface area contributed by atoms with Crippen LogP contribution in [0.15, 0.2) is 48.5 Å². The quantitative estimate of drug-likeness (QED) is 0.732. The Morgan fingerprint density at radius 2 is 1.93 bits per heavy atom. The summed E-state index contributed by atoms with van der Waals surface area (Å²) in [7, 11) is 0. The second-order valence-electron chi connectivity index (χ2n) is 7.66. The van der Waals surface area contributed by atoms with Gasteiger partial charge in [-0.2, -0.15) is 0 Å². The normalized spacial score (nSPS) is 17.8. The Labute approximate surface area is 161 Å². The van der Waals surface area contributed by atoms with E-state index in [0.717, 1.165) is 49.1 Å². The molecule has 5 rings (SSSR count). The standard InChI is InChI=1S/C21H20FN5O/c22-16-4-1-3-15(13-16)21(11-2-12-21)20(28)23-17-7-5-14(6-8-17)19-24-25-26-27(19)18-9-10-18/h1,3-8,13,18H,2,9-12H2,(H,23,28). The van der Waals surface area contributed by atoms with E-state index in [1.807, 2.05) is 35.0 Å². The lowest BCUT2D eigenvalue weighted by molar-refractivity contribution is -0.124. The van der Waals surface area contributed by atoms with Gasteiger partial charge in [0, 0.05) is 11.3 Å². The Hall–Kier alpha value is -3.09. The average Bonchev–Trinajstić information content (AvgIpc) is 3.38. The zero-order chi connectivity index (χ0) is 19.1. The molecule has 1 amide bonds. The molecule has 2 aliphatic rings. The summed E-state index contributed by atoms with van der Waals surface area (Å²) in [6.07, 6.45) is 4.64. The molecule has 0 unspecified atom stereocenters. The number of nitrogens with one attached hydrogen (secondary N) is 1. The van der Waals surface area contributed by atoms with Gasteiger partial charge in [-0.1, -0.05) is 18.6 Å². The van der Waals surface area contributed by atoms with Gasteiger partial charge in [-0.05, 0) is 78.1 Å². The number of amides is 1. The number of tetrazole rings is 1. The molecule has 2 aromatic carbocycles. The molecule has 7 heteroatoms. The van der Waals surface area contributed by atoms with Crippen molar-refractivity contribution in [1.82, 2.24) is 20.2 Å². The second-order valence-corrected chi connectivity index (χ2v) is 7.66. The highest BCUT2D eigenvalue weighted by Gasteiger charge is 2.45. The van der Waals surface area contributed by atoms with Crippen molar-refractivity contribution in [2.24, 2.45) is 0 Å². The lowest BCUT2D eigenvalue weighted by Crippen LogP contribution is -2.46. The van der Waals surface area contributed by atoms with E-state index in [1.54, 1.807) is 6.07 Å². The molecule has 0 saturated heterocycles. The first kappa shape index (κ1) is 17.0. The molecule has 2 saturated carbocycles. The first-order valence-corrected chi connectivity index (χ1v) is 9.61. The maximum atomic E-state index is 13.7. The minimum atomic E-state index is -0.642.